The van der Waals surface area contributed by atoms with Gasteiger partial charge in [-0.3, -0.25) is 4.40 Å². The lowest BCUT2D eigenvalue weighted by atomic mass is 10.2. The molecule has 0 aliphatic heterocycles. The van der Waals surface area contributed by atoms with E-state index in [1.165, 1.54) is 16.5 Å². The lowest BCUT2D eigenvalue weighted by molar-refractivity contribution is 0.0698. The summed E-state index contributed by atoms with van der Waals surface area (Å²) in [4.78, 5) is 11.1. The predicted octanol–water partition coefficient (Wildman–Crippen LogP) is 2.23. The highest BCUT2D eigenvalue weighted by Gasteiger charge is 2.16. The number of aromatic carboxylic acids is 1. The zero-order valence-electron chi connectivity index (χ0n) is 9.62. The number of hydrogen-bond acceptors (Lipinski definition) is 3. The Morgan fingerprint density at radius 3 is 2.68 bits per heavy atom. The maximum atomic E-state index is 13.7. The number of halogens is 1. The first-order chi connectivity index (χ1) is 9.18. The number of nitrogens with zero attached hydrogens (tertiary/aromatic N) is 3. The smallest absolute Gasteiger partial charge is 0.339 e. The second-order valence-electron chi connectivity index (χ2n) is 3.92. The first-order valence-electron chi connectivity index (χ1n) is 5.50. The van der Waals surface area contributed by atoms with Gasteiger partial charge in [0.15, 0.2) is 11.5 Å². The monoisotopic (exact) mass is 257 g/mol. The fourth-order valence-corrected chi connectivity index (χ4v) is 1.91. The first kappa shape index (κ1) is 11.3. The van der Waals surface area contributed by atoms with Crippen LogP contribution in [0.15, 0.2) is 42.6 Å². The Hall–Kier alpha value is -2.76. The molecule has 1 N–H and O–H groups in total. The van der Waals surface area contributed by atoms with Gasteiger partial charge in [-0.05, 0) is 24.3 Å². The molecular weight excluding hydrogens is 249 g/mol. The molecule has 0 saturated heterocycles. The van der Waals surface area contributed by atoms with Crippen LogP contribution in [-0.4, -0.2) is 25.7 Å². The number of aromatic nitrogens is 3. The van der Waals surface area contributed by atoms with Crippen molar-refractivity contribution in [3.05, 3.63) is 54.0 Å². The van der Waals surface area contributed by atoms with E-state index in [1.807, 2.05) is 0 Å². The molecule has 0 saturated carbocycles. The van der Waals surface area contributed by atoms with Gasteiger partial charge < -0.3 is 5.11 Å². The quantitative estimate of drug-likeness (QED) is 0.764. The van der Waals surface area contributed by atoms with E-state index in [4.69, 9.17) is 5.11 Å². The minimum atomic E-state index is -1.10. The van der Waals surface area contributed by atoms with Crippen molar-refractivity contribution < 1.29 is 14.3 Å². The Balaban J connectivity index is 2.31. The molecule has 0 radical (unpaired) electrons. The zero-order valence-corrected chi connectivity index (χ0v) is 9.62. The molecule has 0 fully saturated rings. The lowest BCUT2D eigenvalue weighted by Crippen LogP contribution is -2.01. The molecule has 19 heavy (non-hydrogen) atoms. The molecule has 3 rings (SSSR count). The lowest BCUT2D eigenvalue weighted by Gasteiger charge is -2.02. The molecule has 2 heterocycles. The molecule has 6 heteroatoms. The second-order valence-corrected chi connectivity index (χ2v) is 3.92. The van der Waals surface area contributed by atoms with E-state index >= 15 is 0 Å². The van der Waals surface area contributed by atoms with Gasteiger partial charge in [-0.2, -0.15) is 0 Å². The van der Waals surface area contributed by atoms with Crippen LogP contribution in [0.3, 0.4) is 0 Å². The maximum Gasteiger partial charge on any atom is 0.339 e. The average molecular weight is 257 g/mol. The van der Waals surface area contributed by atoms with E-state index < -0.39 is 11.8 Å². The van der Waals surface area contributed by atoms with Crippen molar-refractivity contribution in [2.75, 3.05) is 0 Å². The summed E-state index contributed by atoms with van der Waals surface area (Å²) in [5.41, 5.74) is 0.489. The van der Waals surface area contributed by atoms with Crippen LogP contribution in [-0.2, 0) is 0 Å². The van der Waals surface area contributed by atoms with Gasteiger partial charge in [0.25, 0.3) is 0 Å². The third-order valence-corrected chi connectivity index (χ3v) is 2.78. The number of carboxylic acid groups (broad SMARTS) is 1. The third kappa shape index (κ3) is 1.74. The van der Waals surface area contributed by atoms with E-state index in [2.05, 4.69) is 10.2 Å². The average Bonchev–Trinajstić information content (AvgIpc) is 2.82. The third-order valence-electron chi connectivity index (χ3n) is 2.78. The minimum absolute atomic E-state index is 0.0255. The second kappa shape index (κ2) is 4.16. The molecule has 5 nitrogen and oxygen atoms in total. The maximum absolute atomic E-state index is 13.7. The van der Waals surface area contributed by atoms with Crippen molar-refractivity contribution in [1.29, 1.82) is 0 Å². The van der Waals surface area contributed by atoms with Gasteiger partial charge in [-0.1, -0.05) is 12.1 Å². The van der Waals surface area contributed by atoms with Crippen LogP contribution >= 0.6 is 0 Å². The number of pyridine rings is 1. The van der Waals surface area contributed by atoms with Gasteiger partial charge in [0.05, 0.1) is 5.56 Å². The molecule has 1 aromatic carbocycles. The first-order valence-corrected chi connectivity index (χ1v) is 5.50. The Morgan fingerprint density at radius 2 is 1.95 bits per heavy atom. The van der Waals surface area contributed by atoms with Crippen molar-refractivity contribution in [3.8, 4) is 11.4 Å². The number of fused-ring (bicyclic) bond motifs is 1. The largest absolute Gasteiger partial charge is 0.478 e. The number of benzene rings is 1. The Bertz CT molecular complexity index is 782. The van der Waals surface area contributed by atoms with Crippen molar-refractivity contribution in [2.24, 2.45) is 0 Å². The summed E-state index contributed by atoms with van der Waals surface area (Å²) in [7, 11) is 0. The van der Waals surface area contributed by atoms with E-state index in [1.54, 1.807) is 30.5 Å². The molecule has 0 unspecified atom stereocenters. The summed E-state index contributed by atoms with van der Waals surface area (Å²) in [6.45, 7) is 0. The van der Waals surface area contributed by atoms with Crippen LogP contribution in [0, 0.1) is 5.82 Å². The molecular formula is C13H8FN3O2. The van der Waals surface area contributed by atoms with Crippen molar-refractivity contribution >= 4 is 11.6 Å². The van der Waals surface area contributed by atoms with Gasteiger partial charge >= 0.3 is 5.97 Å². The summed E-state index contributed by atoms with van der Waals surface area (Å²) in [5, 5.41) is 16.8. The summed E-state index contributed by atoms with van der Waals surface area (Å²) >= 11 is 0. The Morgan fingerprint density at radius 1 is 1.16 bits per heavy atom. The standard InChI is InChI=1S/C13H8FN3O2/c14-10-6-2-1-4-8(10)11-15-16-12-9(13(18)19)5-3-7-17(11)12/h1-7H,(H,18,19). The van der Waals surface area contributed by atoms with Crippen LogP contribution in [0.2, 0.25) is 0 Å². The SMILES string of the molecule is O=C(O)c1cccn2c(-c3ccccc3F)nnc12. The zero-order chi connectivity index (χ0) is 13.4. The number of carbonyl (C=O) groups is 1. The van der Waals surface area contributed by atoms with E-state index in [0.717, 1.165) is 0 Å². The molecule has 2 aromatic heterocycles. The number of carboxylic acids is 1. The molecule has 0 atom stereocenters. The fourth-order valence-electron chi connectivity index (χ4n) is 1.91. The molecule has 0 bridgehead atoms. The van der Waals surface area contributed by atoms with Crippen molar-refractivity contribution in [3.63, 3.8) is 0 Å². The molecule has 0 aliphatic carbocycles. The van der Waals surface area contributed by atoms with E-state index in [9.17, 15) is 9.18 Å². The van der Waals surface area contributed by atoms with Crippen molar-refractivity contribution in [2.45, 2.75) is 0 Å². The summed E-state index contributed by atoms with van der Waals surface area (Å²) in [6, 6.07) is 9.13. The van der Waals surface area contributed by atoms with Crippen molar-refractivity contribution in [1.82, 2.24) is 14.6 Å². The van der Waals surface area contributed by atoms with E-state index in [-0.39, 0.29) is 22.6 Å². The van der Waals surface area contributed by atoms with Gasteiger partial charge in [0, 0.05) is 6.20 Å². The van der Waals surface area contributed by atoms with Gasteiger partial charge in [-0.25, -0.2) is 9.18 Å². The van der Waals surface area contributed by atoms with E-state index in [0.29, 0.717) is 0 Å². The summed E-state index contributed by atoms with van der Waals surface area (Å²) in [5.74, 6) is -1.26. The molecule has 0 amide bonds. The highest BCUT2D eigenvalue weighted by atomic mass is 19.1. The molecule has 0 aliphatic rings. The molecule has 94 valence electrons. The predicted molar refractivity (Wildman–Crippen MR) is 65.3 cm³/mol. The van der Waals surface area contributed by atoms with Crippen LogP contribution in [0.4, 0.5) is 4.39 Å². The normalized spacial score (nSPS) is 10.8. The fraction of sp³-hybridized carbons (Fsp3) is 0. The van der Waals surface area contributed by atoms with Crippen LogP contribution in [0.25, 0.3) is 17.0 Å². The number of hydrogen-bond donors (Lipinski definition) is 1. The minimum Gasteiger partial charge on any atom is -0.478 e. The molecule has 0 spiro atoms. The Kier molecular flexibility index (Phi) is 2.49. The molecule has 3 aromatic rings. The summed E-state index contributed by atoms with van der Waals surface area (Å²) < 4.78 is 15.2. The van der Waals surface area contributed by atoms with Gasteiger partial charge in [0.1, 0.15) is 11.4 Å². The van der Waals surface area contributed by atoms with Crippen LogP contribution in [0.1, 0.15) is 10.4 Å². The number of rotatable bonds is 2. The highest BCUT2D eigenvalue weighted by Crippen LogP contribution is 2.22. The van der Waals surface area contributed by atoms with Gasteiger partial charge in [0.2, 0.25) is 0 Å². The van der Waals surface area contributed by atoms with Gasteiger partial charge in [-0.15, -0.1) is 10.2 Å². The van der Waals surface area contributed by atoms with Crippen LogP contribution in [0.5, 0.6) is 0 Å². The topological polar surface area (TPSA) is 67.5 Å². The summed E-state index contributed by atoms with van der Waals surface area (Å²) in [6.07, 6.45) is 1.60. The Labute approximate surface area is 107 Å². The van der Waals surface area contributed by atoms with Crippen LogP contribution < -0.4 is 0 Å². The highest BCUT2D eigenvalue weighted by molar-refractivity contribution is 5.94.